The molecule has 90 valence electrons. The quantitative estimate of drug-likeness (QED) is 0.439. The lowest BCUT2D eigenvalue weighted by atomic mass is 10.4. The van der Waals surface area contributed by atoms with Crippen LogP contribution in [-0.2, 0) is 11.3 Å². The Bertz CT molecular complexity index is 354. The highest BCUT2D eigenvalue weighted by molar-refractivity contribution is 9.10. The highest BCUT2D eigenvalue weighted by atomic mass is 79.9. The maximum atomic E-state index is 10.5. The number of hydrogen-bond donors (Lipinski definition) is 0. The standard InChI is InChI=1S/C9H14BrN3O3/c1-2-3-5-16-6-4-12-7-8(10)9(11-12)13(14)15/h7H,2-6H2,1H3. The van der Waals surface area contributed by atoms with Gasteiger partial charge in [-0.1, -0.05) is 13.3 Å². The van der Waals surface area contributed by atoms with E-state index in [1.54, 1.807) is 6.20 Å². The number of hydrogen-bond acceptors (Lipinski definition) is 4. The summed E-state index contributed by atoms with van der Waals surface area (Å²) in [4.78, 5) is 10.0. The molecule has 16 heavy (non-hydrogen) atoms. The fourth-order valence-corrected chi connectivity index (χ4v) is 1.59. The minimum Gasteiger partial charge on any atom is -0.379 e. The van der Waals surface area contributed by atoms with Gasteiger partial charge in [-0.05, 0) is 27.3 Å². The van der Waals surface area contributed by atoms with Crippen LogP contribution in [0, 0.1) is 10.1 Å². The third-order valence-corrected chi connectivity index (χ3v) is 2.54. The molecule has 0 radical (unpaired) electrons. The van der Waals surface area contributed by atoms with E-state index in [2.05, 4.69) is 28.0 Å². The normalized spacial score (nSPS) is 10.6. The van der Waals surface area contributed by atoms with Gasteiger partial charge in [-0.25, -0.2) is 0 Å². The molecule has 1 aromatic rings. The number of halogens is 1. The summed E-state index contributed by atoms with van der Waals surface area (Å²) in [5, 5.41) is 14.3. The monoisotopic (exact) mass is 291 g/mol. The van der Waals surface area contributed by atoms with E-state index in [4.69, 9.17) is 4.74 Å². The number of rotatable bonds is 7. The van der Waals surface area contributed by atoms with Gasteiger partial charge in [0.15, 0.2) is 0 Å². The number of aromatic nitrogens is 2. The molecular weight excluding hydrogens is 278 g/mol. The molecule has 0 saturated carbocycles. The van der Waals surface area contributed by atoms with Gasteiger partial charge in [-0.2, -0.15) is 4.68 Å². The lowest BCUT2D eigenvalue weighted by molar-refractivity contribution is -0.390. The van der Waals surface area contributed by atoms with E-state index in [-0.39, 0.29) is 5.82 Å². The van der Waals surface area contributed by atoms with E-state index < -0.39 is 4.92 Å². The van der Waals surface area contributed by atoms with Gasteiger partial charge in [0.2, 0.25) is 0 Å². The molecule has 1 heterocycles. The van der Waals surface area contributed by atoms with Crippen molar-refractivity contribution in [2.45, 2.75) is 26.3 Å². The Morgan fingerprint density at radius 1 is 1.62 bits per heavy atom. The number of nitrogens with zero attached hydrogens (tertiary/aromatic N) is 3. The number of ether oxygens (including phenoxy) is 1. The molecule has 0 aliphatic rings. The Labute approximate surface area is 102 Å². The van der Waals surface area contributed by atoms with Gasteiger partial charge in [0.05, 0.1) is 24.4 Å². The zero-order valence-electron chi connectivity index (χ0n) is 9.06. The fourth-order valence-electron chi connectivity index (χ4n) is 1.13. The minimum absolute atomic E-state index is 0.159. The Balaban J connectivity index is 2.37. The highest BCUT2D eigenvalue weighted by Gasteiger charge is 2.17. The average Bonchev–Trinajstić information content (AvgIpc) is 2.59. The van der Waals surface area contributed by atoms with Crippen molar-refractivity contribution in [2.24, 2.45) is 0 Å². The third-order valence-electron chi connectivity index (χ3n) is 1.98. The molecule has 0 aliphatic carbocycles. The Kier molecular flexibility index (Phi) is 5.41. The Hall–Kier alpha value is -0.950. The van der Waals surface area contributed by atoms with Gasteiger partial charge in [0.25, 0.3) is 0 Å². The van der Waals surface area contributed by atoms with Crippen LogP contribution in [0.25, 0.3) is 0 Å². The predicted molar refractivity (Wildman–Crippen MR) is 62.3 cm³/mol. The van der Waals surface area contributed by atoms with Crippen LogP contribution in [0.5, 0.6) is 0 Å². The zero-order valence-corrected chi connectivity index (χ0v) is 10.6. The molecule has 0 spiro atoms. The molecule has 0 unspecified atom stereocenters. The van der Waals surface area contributed by atoms with E-state index >= 15 is 0 Å². The van der Waals surface area contributed by atoms with Crippen molar-refractivity contribution in [1.29, 1.82) is 0 Å². The fraction of sp³-hybridized carbons (Fsp3) is 0.667. The number of nitro groups is 1. The molecule has 6 nitrogen and oxygen atoms in total. The van der Waals surface area contributed by atoms with Crippen molar-refractivity contribution in [1.82, 2.24) is 9.78 Å². The second kappa shape index (κ2) is 6.59. The molecule has 0 N–H and O–H groups in total. The van der Waals surface area contributed by atoms with Crippen LogP contribution in [-0.4, -0.2) is 27.9 Å². The maximum absolute atomic E-state index is 10.5. The maximum Gasteiger partial charge on any atom is 0.404 e. The molecule has 0 aliphatic heterocycles. The van der Waals surface area contributed by atoms with Crippen LogP contribution in [0.3, 0.4) is 0 Å². The summed E-state index contributed by atoms with van der Waals surface area (Å²) in [5.41, 5.74) is 0. The van der Waals surface area contributed by atoms with E-state index in [9.17, 15) is 10.1 Å². The summed E-state index contributed by atoms with van der Waals surface area (Å²) >= 11 is 3.09. The molecule has 0 amide bonds. The first-order valence-electron chi connectivity index (χ1n) is 5.10. The molecule has 0 atom stereocenters. The van der Waals surface area contributed by atoms with Crippen molar-refractivity contribution in [2.75, 3.05) is 13.2 Å². The van der Waals surface area contributed by atoms with Gasteiger partial charge in [-0.3, -0.25) is 0 Å². The molecule has 1 rings (SSSR count). The Morgan fingerprint density at radius 2 is 2.38 bits per heavy atom. The van der Waals surface area contributed by atoms with Crippen molar-refractivity contribution in [3.63, 3.8) is 0 Å². The smallest absolute Gasteiger partial charge is 0.379 e. The molecule has 0 saturated heterocycles. The molecule has 0 fully saturated rings. The van der Waals surface area contributed by atoms with E-state index in [0.717, 1.165) is 19.4 Å². The van der Waals surface area contributed by atoms with Gasteiger partial charge in [0, 0.05) is 6.61 Å². The summed E-state index contributed by atoms with van der Waals surface area (Å²) in [6, 6.07) is 0. The highest BCUT2D eigenvalue weighted by Crippen LogP contribution is 2.21. The van der Waals surface area contributed by atoms with Gasteiger partial charge < -0.3 is 14.9 Å². The second-order valence-electron chi connectivity index (χ2n) is 3.29. The third kappa shape index (κ3) is 3.90. The van der Waals surface area contributed by atoms with Crippen LogP contribution in [0.2, 0.25) is 0 Å². The van der Waals surface area contributed by atoms with Crippen LogP contribution in [0.1, 0.15) is 19.8 Å². The van der Waals surface area contributed by atoms with E-state index in [1.165, 1.54) is 4.68 Å². The van der Waals surface area contributed by atoms with Gasteiger partial charge >= 0.3 is 5.82 Å². The largest absolute Gasteiger partial charge is 0.404 e. The van der Waals surface area contributed by atoms with E-state index in [0.29, 0.717) is 17.6 Å². The second-order valence-corrected chi connectivity index (χ2v) is 4.14. The van der Waals surface area contributed by atoms with Crippen LogP contribution >= 0.6 is 15.9 Å². The average molecular weight is 292 g/mol. The zero-order chi connectivity index (χ0) is 12.0. The molecule has 0 bridgehead atoms. The van der Waals surface area contributed by atoms with Crippen molar-refractivity contribution in [3.8, 4) is 0 Å². The molecular formula is C9H14BrN3O3. The Morgan fingerprint density at radius 3 is 2.94 bits per heavy atom. The topological polar surface area (TPSA) is 70.2 Å². The number of unbranched alkanes of at least 4 members (excludes halogenated alkanes) is 1. The summed E-state index contributed by atoms with van der Waals surface area (Å²) < 4.78 is 7.24. The molecule has 1 aromatic heterocycles. The molecule has 7 heteroatoms. The van der Waals surface area contributed by atoms with Crippen molar-refractivity contribution >= 4 is 21.7 Å². The van der Waals surface area contributed by atoms with Crippen molar-refractivity contribution < 1.29 is 9.66 Å². The molecule has 0 aromatic carbocycles. The van der Waals surface area contributed by atoms with Crippen LogP contribution in [0.15, 0.2) is 10.7 Å². The van der Waals surface area contributed by atoms with Gasteiger partial charge in [0.1, 0.15) is 4.47 Å². The predicted octanol–water partition coefficient (Wildman–Crippen LogP) is 2.37. The van der Waals surface area contributed by atoms with Crippen LogP contribution in [0.4, 0.5) is 5.82 Å². The summed E-state index contributed by atoms with van der Waals surface area (Å²) in [7, 11) is 0. The SMILES string of the molecule is CCCCOCCn1cc(Br)c([N+](=O)[O-])n1. The first kappa shape index (κ1) is 13.1. The van der Waals surface area contributed by atoms with Crippen LogP contribution < -0.4 is 0 Å². The summed E-state index contributed by atoms with van der Waals surface area (Å²) in [6.45, 7) is 3.86. The summed E-state index contributed by atoms with van der Waals surface area (Å²) in [5.74, 6) is -0.159. The lowest BCUT2D eigenvalue weighted by Crippen LogP contribution is -2.07. The van der Waals surface area contributed by atoms with Gasteiger partial charge in [-0.15, -0.1) is 0 Å². The lowest BCUT2D eigenvalue weighted by Gasteiger charge is -2.00. The van der Waals surface area contributed by atoms with Crippen molar-refractivity contribution in [3.05, 3.63) is 20.8 Å². The first-order valence-corrected chi connectivity index (χ1v) is 5.89. The first-order chi connectivity index (χ1) is 7.65. The minimum atomic E-state index is -0.515. The van der Waals surface area contributed by atoms with E-state index in [1.807, 2.05) is 0 Å². The summed E-state index contributed by atoms with van der Waals surface area (Å²) in [6.07, 6.45) is 3.71.